The first-order valence-electron chi connectivity index (χ1n) is 8.16. The fourth-order valence-electron chi connectivity index (χ4n) is 3.23. The van der Waals surface area contributed by atoms with Crippen molar-refractivity contribution in [2.45, 2.75) is 25.3 Å². The van der Waals surface area contributed by atoms with Crippen LogP contribution < -0.4 is 5.32 Å². The Labute approximate surface area is 143 Å². The summed E-state index contributed by atoms with van der Waals surface area (Å²) in [7, 11) is 0. The maximum Gasteiger partial charge on any atom is 0.253 e. The van der Waals surface area contributed by atoms with Gasteiger partial charge in [0.05, 0.1) is 16.8 Å². The number of hydrogen-bond acceptors (Lipinski definition) is 2. The Morgan fingerprint density at radius 2 is 1.84 bits per heavy atom. The van der Waals surface area contributed by atoms with Gasteiger partial charge in [-0.2, -0.15) is 0 Å². The van der Waals surface area contributed by atoms with Crippen LogP contribution in [0.25, 0.3) is 10.9 Å². The summed E-state index contributed by atoms with van der Waals surface area (Å²) < 4.78 is 27.7. The Kier molecular flexibility index (Phi) is 3.71. The van der Waals surface area contributed by atoms with Crippen LogP contribution in [0.2, 0.25) is 0 Å². The number of halogens is 2. The fraction of sp³-hybridized carbons (Fsp3) is 0.200. The number of hydrogen-bond donors (Lipinski definition) is 1. The third-order valence-electron chi connectivity index (χ3n) is 4.64. The summed E-state index contributed by atoms with van der Waals surface area (Å²) in [6.07, 6.45) is 0.531. The normalized spacial score (nSPS) is 19.0. The molecule has 0 spiro atoms. The molecule has 0 radical (unpaired) electrons. The van der Waals surface area contributed by atoms with Gasteiger partial charge >= 0.3 is 0 Å². The number of nitrogens with zero attached hydrogens (tertiary/aromatic N) is 1. The lowest BCUT2D eigenvalue weighted by molar-refractivity contribution is 0.0949. The molecule has 0 saturated heterocycles. The van der Waals surface area contributed by atoms with E-state index in [0.29, 0.717) is 17.7 Å². The molecule has 25 heavy (non-hydrogen) atoms. The topological polar surface area (TPSA) is 42.0 Å². The molecule has 1 heterocycles. The zero-order chi connectivity index (χ0) is 17.6. The minimum absolute atomic E-state index is 0.0566. The molecule has 0 aliphatic heterocycles. The third-order valence-corrected chi connectivity index (χ3v) is 4.64. The zero-order valence-electron chi connectivity index (χ0n) is 13.6. The number of nitrogens with one attached hydrogen (secondary N) is 1. The molecule has 126 valence electrons. The Hall–Kier alpha value is -2.82. The number of aromatic nitrogens is 1. The van der Waals surface area contributed by atoms with Gasteiger partial charge in [-0.05, 0) is 37.6 Å². The lowest BCUT2D eigenvalue weighted by atomic mass is 10.1. The molecule has 3 aromatic rings. The van der Waals surface area contributed by atoms with Gasteiger partial charge in [0, 0.05) is 22.9 Å². The molecule has 2 unspecified atom stereocenters. The monoisotopic (exact) mass is 338 g/mol. The van der Waals surface area contributed by atoms with Crippen molar-refractivity contribution in [1.82, 2.24) is 10.3 Å². The summed E-state index contributed by atoms with van der Waals surface area (Å²) in [4.78, 5) is 17.0. The second kappa shape index (κ2) is 5.92. The minimum Gasteiger partial charge on any atom is -0.349 e. The van der Waals surface area contributed by atoms with Crippen molar-refractivity contribution in [3.05, 3.63) is 77.0 Å². The number of pyridine rings is 1. The van der Waals surface area contributed by atoms with Crippen LogP contribution in [0.3, 0.4) is 0 Å². The Morgan fingerprint density at radius 3 is 2.60 bits per heavy atom. The zero-order valence-corrected chi connectivity index (χ0v) is 13.6. The van der Waals surface area contributed by atoms with Gasteiger partial charge < -0.3 is 5.32 Å². The van der Waals surface area contributed by atoms with Crippen molar-refractivity contribution in [3.8, 4) is 0 Å². The van der Waals surface area contributed by atoms with Gasteiger partial charge in [0.25, 0.3) is 5.91 Å². The highest BCUT2D eigenvalue weighted by molar-refractivity contribution is 5.99. The van der Waals surface area contributed by atoms with Crippen LogP contribution in [0.5, 0.6) is 0 Å². The van der Waals surface area contributed by atoms with Crippen molar-refractivity contribution in [2.75, 3.05) is 0 Å². The molecule has 1 aromatic heterocycles. The van der Waals surface area contributed by atoms with E-state index in [9.17, 15) is 13.6 Å². The molecule has 3 nitrogen and oxygen atoms in total. The largest absolute Gasteiger partial charge is 0.349 e. The van der Waals surface area contributed by atoms with E-state index in [4.69, 9.17) is 0 Å². The van der Waals surface area contributed by atoms with Crippen LogP contribution >= 0.6 is 0 Å². The molecule has 1 aliphatic carbocycles. The second-order valence-electron chi connectivity index (χ2n) is 6.37. The first-order chi connectivity index (χ1) is 12.0. The molecule has 1 saturated carbocycles. The number of rotatable bonds is 3. The van der Waals surface area contributed by atoms with Crippen molar-refractivity contribution < 1.29 is 13.6 Å². The van der Waals surface area contributed by atoms with Crippen LogP contribution in [0.1, 0.15) is 34.0 Å². The Balaban J connectivity index is 1.55. The van der Waals surface area contributed by atoms with Crippen molar-refractivity contribution in [2.24, 2.45) is 0 Å². The van der Waals surface area contributed by atoms with Gasteiger partial charge in [-0.25, -0.2) is 8.78 Å². The van der Waals surface area contributed by atoms with E-state index >= 15 is 0 Å². The van der Waals surface area contributed by atoms with E-state index in [1.165, 1.54) is 18.2 Å². The molecule has 4 rings (SSSR count). The van der Waals surface area contributed by atoms with Crippen LogP contribution in [0.15, 0.2) is 48.5 Å². The van der Waals surface area contributed by atoms with Crippen LogP contribution in [0, 0.1) is 18.6 Å². The molecule has 1 N–H and O–H groups in total. The quantitative estimate of drug-likeness (QED) is 0.781. The summed E-state index contributed by atoms with van der Waals surface area (Å²) in [6.45, 7) is 1.78. The van der Waals surface area contributed by atoms with Crippen molar-refractivity contribution >= 4 is 16.8 Å². The second-order valence-corrected chi connectivity index (χ2v) is 6.37. The number of carbonyl (C=O) groups is 1. The average molecular weight is 338 g/mol. The summed E-state index contributed by atoms with van der Waals surface area (Å²) in [5, 5.41) is 3.75. The van der Waals surface area contributed by atoms with Crippen LogP contribution in [-0.2, 0) is 0 Å². The summed E-state index contributed by atoms with van der Waals surface area (Å²) in [5.74, 6) is -1.71. The smallest absolute Gasteiger partial charge is 0.253 e. The van der Waals surface area contributed by atoms with Gasteiger partial charge in [-0.1, -0.05) is 24.3 Å². The molecular weight excluding hydrogens is 322 g/mol. The number of para-hydroxylation sites is 1. The first kappa shape index (κ1) is 15.7. The highest BCUT2D eigenvalue weighted by Crippen LogP contribution is 2.43. The van der Waals surface area contributed by atoms with Crippen molar-refractivity contribution in [1.29, 1.82) is 0 Å². The number of fused-ring (bicyclic) bond motifs is 1. The molecular formula is C20H16F2N2O. The lowest BCUT2D eigenvalue weighted by Gasteiger charge is -2.09. The average Bonchev–Trinajstić information content (AvgIpc) is 3.32. The van der Waals surface area contributed by atoms with Gasteiger partial charge in [0.2, 0.25) is 0 Å². The van der Waals surface area contributed by atoms with Gasteiger partial charge in [0.1, 0.15) is 11.6 Å². The lowest BCUT2D eigenvalue weighted by Crippen LogP contribution is -2.27. The maximum atomic E-state index is 13.9. The predicted octanol–water partition coefficient (Wildman–Crippen LogP) is 4.11. The summed E-state index contributed by atoms with van der Waals surface area (Å²) in [5.41, 5.74) is 2.00. The molecule has 1 fully saturated rings. The Morgan fingerprint density at radius 1 is 1.12 bits per heavy atom. The van der Waals surface area contributed by atoms with E-state index in [1.807, 2.05) is 24.3 Å². The number of carbonyl (C=O) groups excluding carboxylic acids is 1. The number of benzene rings is 2. The van der Waals surface area contributed by atoms with Crippen LogP contribution in [-0.4, -0.2) is 16.9 Å². The van der Waals surface area contributed by atoms with Crippen LogP contribution in [0.4, 0.5) is 8.78 Å². The van der Waals surface area contributed by atoms with E-state index in [1.54, 1.807) is 13.0 Å². The molecule has 0 bridgehead atoms. The molecule has 5 heteroatoms. The first-order valence-corrected chi connectivity index (χ1v) is 8.16. The number of aryl methyl sites for hydroxylation is 1. The minimum atomic E-state index is -0.565. The van der Waals surface area contributed by atoms with Crippen molar-refractivity contribution in [3.63, 3.8) is 0 Å². The summed E-state index contributed by atoms with van der Waals surface area (Å²) >= 11 is 0. The number of amides is 1. The molecule has 2 aromatic carbocycles. The van der Waals surface area contributed by atoms with E-state index in [-0.39, 0.29) is 23.4 Å². The predicted molar refractivity (Wildman–Crippen MR) is 91.5 cm³/mol. The fourth-order valence-corrected chi connectivity index (χ4v) is 3.23. The SMILES string of the molecule is Cc1nc2ccccc2cc1C(=O)NC1CC1c1c(F)cccc1F. The maximum absolute atomic E-state index is 13.9. The Bertz CT molecular complexity index is 966. The van der Waals surface area contributed by atoms with E-state index in [2.05, 4.69) is 10.3 Å². The summed E-state index contributed by atoms with van der Waals surface area (Å²) in [6, 6.07) is 12.9. The van der Waals surface area contributed by atoms with E-state index in [0.717, 1.165) is 10.9 Å². The van der Waals surface area contributed by atoms with Gasteiger partial charge in [0.15, 0.2) is 0 Å². The van der Waals surface area contributed by atoms with Gasteiger partial charge in [-0.15, -0.1) is 0 Å². The van der Waals surface area contributed by atoms with Gasteiger partial charge in [-0.3, -0.25) is 9.78 Å². The molecule has 1 aliphatic rings. The standard InChI is InChI=1S/C20H16F2N2O/c1-11-13(9-12-5-2-3-8-17(12)23-11)20(25)24-18-10-14(18)19-15(21)6-4-7-16(19)22/h2-9,14,18H,10H2,1H3,(H,24,25). The van der Waals surface area contributed by atoms with E-state index < -0.39 is 11.6 Å². The molecule has 2 atom stereocenters. The third kappa shape index (κ3) is 2.86. The highest BCUT2D eigenvalue weighted by Gasteiger charge is 2.43. The molecule has 1 amide bonds. The highest BCUT2D eigenvalue weighted by atomic mass is 19.1.